The summed E-state index contributed by atoms with van der Waals surface area (Å²) in [7, 11) is 1.93. The molecule has 1 atom stereocenters. The molecule has 16 heavy (non-hydrogen) atoms. The van der Waals surface area contributed by atoms with Gasteiger partial charge >= 0.3 is 0 Å². The van der Waals surface area contributed by atoms with Gasteiger partial charge in [0, 0.05) is 19.3 Å². The minimum absolute atomic E-state index is 0.206. The molecule has 0 radical (unpaired) electrons. The van der Waals surface area contributed by atoms with Crippen LogP contribution in [0, 0.1) is 0 Å². The van der Waals surface area contributed by atoms with E-state index in [-0.39, 0.29) is 6.04 Å². The first-order valence-electron chi connectivity index (χ1n) is 5.24. The summed E-state index contributed by atoms with van der Waals surface area (Å²) in [6, 6.07) is 6.12. The SMILES string of the molecule is C[C@@H](NCc1nncn1C)c1ccccn1. The second kappa shape index (κ2) is 4.85. The first kappa shape index (κ1) is 10.8. The van der Waals surface area contributed by atoms with E-state index in [0.29, 0.717) is 6.54 Å². The fraction of sp³-hybridized carbons (Fsp3) is 0.364. The van der Waals surface area contributed by atoms with Gasteiger partial charge in [-0.25, -0.2) is 0 Å². The number of hydrogen-bond donors (Lipinski definition) is 1. The van der Waals surface area contributed by atoms with Gasteiger partial charge in [0.2, 0.25) is 0 Å². The molecule has 5 nitrogen and oxygen atoms in total. The van der Waals surface area contributed by atoms with Gasteiger partial charge < -0.3 is 9.88 Å². The number of hydrogen-bond acceptors (Lipinski definition) is 4. The molecule has 0 aliphatic rings. The summed E-state index contributed by atoms with van der Waals surface area (Å²) < 4.78 is 1.90. The Kier molecular flexibility index (Phi) is 3.26. The molecule has 0 aliphatic carbocycles. The van der Waals surface area contributed by atoms with E-state index in [4.69, 9.17) is 0 Å². The van der Waals surface area contributed by atoms with Crippen molar-refractivity contribution in [1.82, 2.24) is 25.1 Å². The third kappa shape index (κ3) is 2.43. The number of aromatic nitrogens is 4. The van der Waals surface area contributed by atoms with Crippen LogP contribution in [-0.4, -0.2) is 19.7 Å². The molecule has 1 N–H and O–H groups in total. The van der Waals surface area contributed by atoms with Crippen LogP contribution in [-0.2, 0) is 13.6 Å². The van der Waals surface area contributed by atoms with Crippen molar-refractivity contribution in [2.75, 3.05) is 0 Å². The van der Waals surface area contributed by atoms with E-state index >= 15 is 0 Å². The van der Waals surface area contributed by atoms with Gasteiger partial charge in [-0.3, -0.25) is 4.98 Å². The summed E-state index contributed by atoms with van der Waals surface area (Å²) in [6.45, 7) is 2.77. The van der Waals surface area contributed by atoms with Crippen LogP contribution < -0.4 is 5.32 Å². The number of rotatable bonds is 4. The molecule has 0 fully saturated rings. The van der Waals surface area contributed by atoms with Crippen LogP contribution in [0.1, 0.15) is 24.5 Å². The maximum absolute atomic E-state index is 4.30. The Bertz CT molecular complexity index is 437. The Morgan fingerprint density at radius 3 is 2.94 bits per heavy atom. The lowest BCUT2D eigenvalue weighted by molar-refractivity contribution is 0.537. The first-order chi connectivity index (χ1) is 7.77. The predicted octanol–water partition coefficient (Wildman–Crippen LogP) is 1.06. The number of aryl methyl sites for hydroxylation is 1. The molecule has 0 aromatic carbocycles. The van der Waals surface area contributed by atoms with Crippen molar-refractivity contribution in [1.29, 1.82) is 0 Å². The number of pyridine rings is 1. The topological polar surface area (TPSA) is 55.6 Å². The molecule has 0 unspecified atom stereocenters. The molecule has 0 saturated heterocycles. The van der Waals surface area contributed by atoms with Crippen LogP contribution in [0.3, 0.4) is 0 Å². The van der Waals surface area contributed by atoms with E-state index in [1.54, 1.807) is 12.5 Å². The van der Waals surface area contributed by atoms with Gasteiger partial charge in [0.25, 0.3) is 0 Å². The third-order valence-corrected chi connectivity index (χ3v) is 2.50. The summed E-state index contributed by atoms with van der Waals surface area (Å²) in [6.07, 6.45) is 3.50. The maximum atomic E-state index is 4.30. The van der Waals surface area contributed by atoms with Gasteiger partial charge in [-0.1, -0.05) is 6.07 Å². The molecule has 5 heteroatoms. The second-order valence-electron chi connectivity index (χ2n) is 3.72. The molecule has 2 aromatic heterocycles. The van der Waals surface area contributed by atoms with Gasteiger partial charge in [0.05, 0.1) is 12.2 Å². The third-order valence-electron chi connectivity index (χ3n) is 2.50. The quantitative estimate of drug-likeness (QED) is 0.832. The van der Waals surface area contributed by atoms with Crippen LogP contribution in [0.25, 0.3) is 0 Å². The van der Waals surface area contributed by atoms with E-state index in [0.717, 1.165) is 11.5 Å². The van der Waals surface area contributed by atoms with Gasteiger partial charge in [0.15, 0.2) is 0 Å². The van der Waals surface area contributed by atoms with E-state index in [1.165, 1.54) is 0 Å². The van der Waals surface area contributed by atoms with E-state index < -0.39 is 0 Å². The zero-order chi connectivity index (χ0) is 11.4. The summed E-state index contributed by atoms with van der Waals surface area (Å²) in [4.78, 5) is 4.30. The van der Waals surface area contributed by atoms with E-state index in [1.807, 2.05) is 29.8 Å². The average molecular weight is 217 g/mol. The number of nitrogens with one attached hydrogen (secondary N) is 1. The first-order valence-corrected chi connectivity index (χ1v) is 5.24. The molecule has 2 aromatic rings. The van der Waals surface area contributed by atoms with Crippen molar-refractivity contribution < 1.29 is 0 Å². The molecule has 0 aliphatic heterocycles. The average Bonchev–Trinajstić information content (AvgIpc) is 2.73. The van der Waals surface area contributed by atoms with Crippen LogP contribution in [0.5, 0.6) is 0 Å². The normalized spacial score (nSPS) is 12.6. The summed E-state index contributed by atoms with van der Waals surface area (Å²) in [5.74, 6) is 0.919. The molecule has 84 valence electrons. The lowest BCUT2D eigenvalue weighted by atomic mass is 10.2. The molecule has 2 heterocycles. The molecule has 0 amide bonds. The van der Waals surface area contributed by atoms with Crippen molar-refractivity contribution in [2.24, 2.45) is 7.05 Å². The maximum Gasteiger partial charge on any atom is 0.146 e. The van der Waals surface area contributed by atoms with Crippen molar-refractivity contribution >= 4 is 0 Å². The van der Waals surface area contributed by atoms with Crippen molar-refractivity contribution in [3.05, 3.63) is 42.2 Å². The Labute approximate surface area is 94.5 Å². The predicted molar refractivity (Wildman–Crippen MR) is 60.5 cm³/mol. The van der Waals surface area contributed by atoms with Gasteiger partial charge in [-0.2, -0.15) is 0 Å². The standard InChI is InChI=1S/C11H15N5/c1-9(10-5-3-4-6-12-10)13-7-11-15-14-8-16(11)2/h3-6,8-9,13H,7H2,1-2H3/t9-/m1/s1. The van der Waals surface area contributed by atoms with Gasteiger partial charge in [0.1, 0.15) is 12.2 Å². The zero-order valence-corrected chi connectivity index (χ0v) is 9.46. The van der Waals surface area contributed by atoms with Gasteiger partial charge in [-0.05, 0) is 19.1 Å². The highest BCUT2D eigenvalue weighted by atomic mass is 15.3. The largest absolute Gasteiger partial charge is 0.320 e. The fourth-order valence-electron chi connectivity index (χ4n) is 1.45. The molecule has 0 saturated carbocycles. The zero-order valence-electron chi connectivity index (χ0n) is 9.46. The highest BCUT2D eigenvalue weighted by Crippen LogP contribution is 2.08. The summed E-state index contributed by atoms with van der Waals surface area (Å²) >= 11 is 0. The lowest BCUT2D eigenvalue weighted by Gasteiger charge is -2.12. The van der Waals surface area contributed by atoms with Crippen LogP contribution in [0.15, 0.2) is 30.7 Å². The summed E-state index contributed by atoms with van der Waals surface area (Å²) in [5, 5.41) is 11.2. The Hall–Kier alpha value is -1.75. The molecule has 2 rings (SSSR count). The van der Waals surface area contributed by atoms with E-state index in [2.05, 4.69) is 27.4 Å². The Balaban J connectivity index is 1.94. The van der Waals surface area contributed by atoms with Crippen molar-refractivity contribution in [2.45, 2.75) is 19.5 Å². The van der Waals surface area contributed by atoms with Crippen LogP contribution in [0.4, 0.5) is 0 Å². The molecular weight excluding hydrogens is 202 g/mol. The fourth-order valence-corrected chi connectivity index (χ4v) is 1.45. The van der Waals surface area contributed by atoms with Crippen molar-refractivity contribution in [3.63, 3.8) is 0 Å². The number of nitrogens with zero attached hydrogens (tertiary/aromatic N) is 4. The highest BCUT2D eigenvalue weighted by Gasteiger charge is 2.07. The monoisotopic (exact) mass is 217 g/mol. The minimum Gasteiger partial charge on any atom is -0.320 e. The van der Waals surface area contributed by atoms with E-state index in [9.17, 15) is 0 Å². The minimum atomic E-state index is 0.206. The molecule has 0 spiro atoms. The van der Waals surface area contributed by atoms with Crippen molar-refractivity contribution in [3.8, 4) is 0 Å². The summed E-state index contributed by atoms with van der Waals surface area (Å²) in [5.41, 5.74) is 1.03. The highest BCUT2D eigenvalue weighted by molar-refractivity contribution is 5.07. The van der Waals surface area contributed by atoms with Crippen LogP contribution >= 0.6 is 0 Å². The lowest BCUT2D eigenvalue weighted by Crippen LogP contribution is -2.20. The molecular formula is C11H15N5. The second-order valence-corrected chi connectivity index (χ2v) is 3.72. The Morgan fingerprint density at radius 1 is 1.44 bits per heavy atom. The molecule has 0 bridgehead atoms. The smallest absolute Gasteiger partial charge is 0.146 e. The Morgan fingerprint density at radius 2 is 2.31 bits per heavy atom. The van der Waals surface area contributed by atoms with Crippen LogP contribution in [0.2, 0.25) is 0 Å². The van der Waals surface area contributed by atoms with Gasteiger partial charge in [-0.15, -0.1) is 10.2 Å².